The minimum Gasteiger partial charge on any atom is -0.462 e. The highest BCUT2D eigenvalue weighted by molar-refractivity contribution is 5.70. The maximum Gasteiger partial charge on any atom is 0.306 e. The van der Waals surface area contributed by atoms with Crippen LogP contribution in [-0.4, -0.2) is 36.4 Å². The zero-order chi connectivity index (χ0) is 42.8. The summed E-state index contributed by atoms with van der Waals surface area (Å²) >= 11 is 0. The molecule has 0 saturated carbocycles. The topological polar surface area (TPSA) is 72.8 Å². The third-order valence-electron chi connectivity index (χ3n) is 12.7. The van der Waals surface area contributed by atoms with Crippen LogP contribution in [0.2, 0.25) is 0 Å². The lowest BCUT2D eigenvalue weighted by Crippen LogP contribution is -2.28. The van der Waals surface area contributed by atoms with Gasteiger partial charge in [0.2, 0.25) is 0 Å². The second-order valence-electron chi connectivity index (χ2n) is 18.7. The Balaban J connectivity index is 3.31. The molecule has 0 aromatic rings. The molecule has 0 rings (SSSR count). The van der Waals surface area contributed by atoms with Gasteiger partial charge in [0.15, 0.2) is 6.10 Å². The largest absolute Gasteiger partial charge is 0.462 e. The lowest BCUT2D eigenvalue weighted by atomic mass is 10.0. The van der Waals surface area contributed by atoms with Crippen molar-refractivity contribution in [2.24, 2.45) is 0 Å². The van der Waals surface area contributed by atoms with Crippen LogP contribution in [0.3, 0.4) is 0 Å². The Bertz CT molecular complexity index is 815. The van der Waals surface area contributed by atoms with Crippen molar-refractivity contribution in [1.82, 2.24) is 0 Å². The molecule has 1 atom stereocenters. The summed E-state index contributed by atoms with van der Waals surface area (Å²) in [6.07, 6.45) is 61.0. The van der Waals surface area contributed by atoms with E-state index in [0.29, 0.717) is 12.8 Å². The van der Waals surface area contributed by atoms with E-state index in [0.717, 1.165) is 38.5 Å². The summed E-state index contributed by atoms with van der Waals surface area (Å²) in [4.78, 5) is 24.3. The molecule has 5 heteroatoms. The number of carbonyl (C=O) groups excluding carboxylic acids is 2. The number of aliphatic hydroxyl groups is 1. The van der Waals surface area contributed by atoms with E-state index in [2.05, 4.69) is 13.8 Å². The molecule has 59 heavy (non-hydrogen) atoms. The van der Waals surface area contributed by atoms with Crippen LogP contribution in [0.1, 0.15) is 316 Å². The minimum atomic E-state index is -0.762. The van der Waals surface area contributed by atoms with Gasteiger partial charge >= 0.3 is 11.9 Å². The average molecular weight is 835 g/mol. The first-order valence-electron chi connectivity index (χ1n) is 27.1. The number of esters is 2. The van der Waals surface area contributed by atoms with Gasteiger partial charge in [-0.2, -0.15) is 0 Å². The lowest BCUT2D eigenvalue weighted by molar-refractivity contribution is -0.161. The second kappa shape index (κ2) is 51.3. The molecule has 352 valence electrons. The Morgan fingerprint density at radius 1 is 0.322 bits per heavy atom. The third-order valence-corrected chi connectivity index (χ3v) is 12.7. The molecule has 0 aromatic carbocycles. The molecule has 0 saturated heterocycles. The lowest BCUT2D eigenvalue weighted by Gasteiger charge is -2.15. The molecule has 0 bridgehead atoms. The van der Waals surface area contributed by atoms with Crippen molar-refractivity contribution in [2.45, 2.75) is 322 Å². The quantitative estimate of drug-likeness (QED) is 0.0488. The summed E-state index contributed by atoms with van der Waals surface area (Å²) in [6.45, 7) is 4.17. The van der Waals surface area contributed by atoms with E-state index in [1.54, 1.807) is 0 Å². The van der Waals surface area contributed by atoms with Gasteiger partial charge in [-0.3, -0.25) is 9.59 Å². The van der Waals surface area contributed by atoms with Gasteiger partial charge in [-0.15, -0.1) is 0 Å². The monoisotopic (exact) mass is 835 g/mol. The Labute approximate surface area is 369 Å². The van der Waals surface area contributed by atoms with Crippen molar-refractivity contribution in [1.29, 1.82) is 0 Å². The van der Waals surface area contributed by atoms with Crippen LogP contribution in [0.15, 0.2) is 0 Å². The fourth-order valence-corrected chi connectivity index (χ4v) is 8.56. The van der Waals surface area contributed by atoms with Gasteiger partial charge in [0, 0.05) is 12.8 Å². The van der Waals surface area contributed by atoms with Crippen LogP contribution < -0.4 is 0 Å². The normalized spacial score (nSPS) is 12.0. The number of hydrogen-bond acceptors (Lipinski definition) is 5. The first-order chi connectivity index (χ1) is 29.1. The molecular formula is C54H106O5. The van der Waals surface area contributed by atoms with Crippen molar-refractivity contribution in [2.75, 3.05) is 13.2 Å². The Kier molecular flexibility index (Phi) is 50.3. The van der Waals surface area contributed by atoms with Crippen LogP contribution in [0.5, 0.6) is 0 Å². The number of rotatable bonds is 51. The van der Waals surface area contributed by atoms with Gasteiger partial charge in [0.25, 0.3) is 0 Å². The highest BCUT2D eigenvalue weighted by atomic mass is 16.6. The van der Waals surface area contributed by atoms with Crippen LogP contribution in [-0.2, 0) is 19.1 Å². The molecule has 0 aliphatic heterocycles. The van der Waals surface area contributed by atoms with E-state index in [1.165, 1.54) is 250 Å². The molecule has 1 N–H and O–H groups in total. The van der Waals surface area contributed by atoms with Crippen LogP contribution in [0.25, 0.3) is 0 Å². The van der Waals surface area contributed by atoms with Gasteiger partial charge in [-0.25, -0.2) is 0 Å². The van der Waals surface area contributed by atoms with Crippen molar-refractivity contribution < 1.29 is 24.2 Å². The first-order valence-corrected chi connectivity index (χ1v) is 27.1. The summed E-state index contributed by atoms with van der Waals surface area (Å²) < 4.78 is 10.6. The molecule has 0 radical (unpaired) electrons. The van der Waals surface area contributed by atoms with Crippen molar-refractivity contribution in [3.05, 3.63) is 0 Å². The summed E-state index contributed by atoms with van der Waals surface area (Å²) in [6, 6.07) is 0. The van der Waals surface area contributed by atoms with Crippen LogP contribution in [0, 0.1) is 0 Å². The number of carbonyl (C=O) groups is 2. The zero-order valence-corrected chi connectivity index (χ0v) is 40.3. The minimum absolute atomic E-state index is 0.0570. The number of aliphatic hydroxyl groups excluding tert-OH is 1. The fraction of sp³-hybridized carbons (Fsp3) is 0.963. The Morgan fingerprint density at radius 3 is 0.746 bits per heavy atom. The van der Waals surface area contributed by atoms with E-state index in [-0.39, 0.29) is 25.2 Å². The van der Waals surface area contributed by atoms with E-state index < -0.39 is 6.10 Å². The second-order valence-corrected chi connectivity index (χ2v) is 18.7. The third kappa shape index (κ3) is 49.4. The first kappa shape index (κ1) is 57.9. The molecule has 0 aromatic heterocycles. The van der Waals surface area contributed by atoms with E-state index in [1.807, 2.05) is 0 Å². The smallest absolute Gasteiger partial charge is 0.306 e. The predicted molar refractivity (Wildman–Crippen MR) is 256 cm³/mol. The van der Waals surface area contributed by atoms with Gasteiger partial charge in [0.05, 0.1) is 6.61 Å². The molecule has 1 unspecified atom stereocenters. The molecule has 5 nitrogen and oxygen atoms in total. The van der Waals surface area contributed by atoms with Gasteiger partial charge < -0.3 is 14.6 Å². The SMILES string of the molecule is CCCCCCCCCCCCCCCCCCCCCCCCCCCCCCCCCCCCCC(=O)OC(CO)COC(=O)CCCCCCCCCCCC. The van der Waals surface area contributed by atoms with Crippen LogP contribution >= 0.6 is 0 Å². The zero-order valence-electron chi connectivity index (χ0n) is 40.3. The molecule has 0 spiro atoms. The number of hydrogen-bond donors (Lipinski definition) is 1. The maximum atomic E-state index is 12.2. The summed E-state index contributed by atoms with van der Waals surface area (Å²) in [5.74, 6) is -0.573. The summed E-state index contributed by atoms with van der Waals surface area (Å²) in [5, 5.41) is 9.58. The van der Waals surface area contributed by atoms with E-state index in [9.17, 15) is 14.7 Å². The Hall–Kier alpha value is -1.10. The average Bonchev–Trinajstić information content (AvgIpc) is 3.24. The summed E-state index contributed by atoms with van der Waals surface area (Å²) in [7, 11) is 0. The standard InChI is InChI=1S/C54H106O5/c1-3-5-7-9-11-13-15-16-17-18-19-20-21-22-23-24-25-26-27-28-29-30-31-32-33-34-35-36-37-38-39-41-43-45-47-49-54(57)59-52(50-55)51-58-53(56)48-46-44-42-40-14-12-10-8-6-4-2/h52,55H,3-51H2,1-2H3. The van der Waals surface area contributed by atoms with E-state index >= 15 is 0 Å². The van der Waals surface area contributed by atoms with Crippen LogP contribution in [0.4, 0.5) is 0 Å². The molecule has 0 aliphatic carbocycles. The molecule has 0 fully saturated rings. The summed E-state index contributed by atoms with van der Waals surface area (Å²) in [5.41, 5.74) is 0. The van der Waals surface area contributed by atoms with Crippen molar-refractivity contribution in [3.63, 3.8) is 0 Å². The molecule has 0 amide bonds. The predicted octanol–water partition coefficient (Wildman–Crippen LogP) is 17.8. The molecular weight excluding hydrogens is 729 g/mol. The van der Waals surface area contributed by atoms with E-state index in [4.69, 9.17) is 9.47 Å². The van der Waals surface area contributed by atoms with Crippen molar-refractivity contribution >= 4 is 11.9 Å². The van der Waals surface area contributed by atoms with Gasteiger partial charge in [0.1, 0.15) is 6.61 Å². The molecule has 0 aliphatic rings. The highest BCUT2D eigenvalue weighted by Gasteiger charge is 2.16. The van der Waals surface area contributed by atoms with Crippen molar-refractivity contribution in [3.8, 4) is 0 Å². The van der Waals surface area contributed by atoms with Gasteiger partial charge in [-0.05, 0) is 12.8 Å². The number of unbranched alkanes of at least 4 members (excludes halogenated alkanes) is 43. The Morgan fingerprint density at radius 2 is 0.525 bits per heavy atom. The highest BCUT2D eigenvalue weighted by Crippen LogP contribution is 2.18. The maximum absolute atomic E-state index is 12.2. The molecule has 0 heterocycles. The number of ether oxygens (including phenoxy) is 2. The van der Waals surface area contributed by atoms with Gasteiger partial charge in [-0.1, -0.05) is 290 Å². The fourth-order valence-electron chi connectivity index (χ4n) is 8.56.